The summed E-state index contributed by atoms with van der Waals surface area (Å²) < 4.78 is 0. The van der Waals surface area contributed by atoms with Crippen LogP contribution in [0.4, 0.5) is 0 Å². The summed E-state index contributed by atoms with van der Waals surface area (Å²) in [6, 6.07) is 0. The molecule has 3 nitrogen and oxygen atoms in total. The minimum Gasteiger partial charge on any atom is -0.344 e. The van der Waals surface area contributed by atoms with E-state index in [9.17, 15) is 0 Å². The van der Waals surface area contributed by atoms with Gasteiger partial charge in [0.05, 0.1) is 0 Å². The van der Waals surface area contributed by atoms with Crippen LogP contribution in [0.15, 0.2) is 4.99 Å². The minimum atomic E-state index is 0. The molecule has 0 aromatic heterocycles. The molecule has 0 bridgehead atoms. The van der Waals surface area contributed by atoms with Gasteiger partial charge in [-0.05, 0) is 6.92 Å². The highest BCUT2D eigenvalue weighted by Crippen LogP contribution is 1.52. The second-order valence-electron chi connectivity index (χ2n) is 0.566. The first kappa shape index (κ1) is 9.02. The van der Waals surface area contributed by atoms with Crippen molar-refractivity contribution in [1.82, 2.24) is 6.15 Å². The molecule has 0 aliphatic heterocycles. The van der Waals surface area contributed by atoms with Gasteiger partial charge in [-0.2, -0.15) is 0 Å². The van der Waals surface area contributed by atoms with Crippen molar-refractivity contribution in [2.24, 2.45) is 4.99 Å². The van der Waals surface area contributed by atoms with E-state index >= 15 is 0 Å². The Morgan fingerprint density at radius 3 is 2.33 bits per heavy atom. The summed E-state index contributed by atoms with van der Waals surface area (Å²) >= 11 is 0. The molecule has 0 heterocycles. The Bertz CT molecular complexity index is 55.8. The number of hydrogen-bond donors (Lipinski definition) is 1. The van der Waals surface area contributed by atoms with Gasteiger partial charge in [-0.25, -0.2) is 9.79 Å². The SMILES string of the molecule is CCN=C=O.N. The maximum absolute atomic E-state index is 9.11. The first-order valence-corrected chi connectivity index (χ1v) is 1.45. The largest absolute Gasteiger partial charge is 0.344 e. The van der Waals surface area contributed by atoms with Gasteiger partial charge < -0.3 is 6.15 Å². The topological polar surface area (TPSA) is 64.4 Å². The Kier molecular flexibility index (Phi) is 13.3. The molecule has 0 aliphatic carbocycles. The number of rotatable bonds is 1. The number of nitrogens with zero attached hydrogens (tertiary/aromatic N) is 1. The maximum atomic E-state index is 9.11. The highest BCUT2D eigenvalue weighted by Gasteiger charge is 1.52. The lowest BCUT2D eigenvalue weighted by Gasteiger charge is -1.58. The lowest BCUT2D eigenvalue weighted by Crippen LogP contribution is -1.58. The molecule has 0 amide bonds. The van der Waals surface area contributed by atoms with Crippen molar-refractivity contribution in [3.8, 4) is 0 Å². The van der Waals surface area contributed by atoms with E-state index in [4.69, 9.17) is 4.79 Å². The van der Waals surface area contributed by atoms with Crippen molar-refractivity contribution in [2.75, 3.05) is 6.54 Å². The summed E-state index contributed by atoms with van der Waals surface area (Å²) in [4.78, 5) is 12.3. The molecular formula is C3H8N2O. The lowest BCUT2D eigenvalue weighted by atomic mass is 10.8. The maximum Gasteiger partial charge on any atom is 0.234 e. The third-order valence-corrected chi connectivity index (χ3v) is 0.223. The Morgan fingerprint density at radius 1 is 1.83 bits per heavy atom. The van der Waals surface area contributed by atoms with E-state index in [0.29, 0.717) is 6.54 Å². The summed E-state index contributed by atoms with van der Waals surface area (Å²) in [5.74, 6) is 0. The quantitative estimate of drug-likeness (QED) is 0.374. The smallest absolute Gasteiger partial charge is 0.234 e. The first-order valence-electron chi connectivity index (χ1n) is 1.45. The second-order valence-corrected chi connectivity index (χ2v) is 0.566. The van der Waals surface area contributed by atoms with Crippen molar-refractivity contribution in [3.63, 3.8) is 0 Å². The molecule has 3 N–H and O–H groups in total. The van der Waals surface area contributed by atoms with Crippen LogP contribution < -0.4 is 6.15 Å². The van der Waals surface area contributed by atoms with Crippen LogP contribution in [0.2, 0.25) is 0 Å². The predicted octanol–water partition coefficient (Wildman–Crippen LogP) is 0.504. The van der Waals surface area contributed by atoms with Gasteiger partial charge in [0.2, 0.25) is 6.08 Å². The monoisotopic (exact) mass is 88.1 g/mol. The Morgan fingerprint density at radius 2 is 2.33 bits per heavy atom. The summed E-state index contributed by atoms with van der Waals surface area (Å²) in [7, 11) is 0. The van der Waals surface area contributed by atoms with Crippen molar-refractivity contribution in [3.05, 3.63) is 0 Å². The summed E-state index contributed by atoms with van der Waals surface area (Å²) in [5.41, 5.74) is 0. The van der Waals surface area contributed by atoms with E-state index in [2.05, 4.69) is 4.99 Å². The van der Waals surface area contributed by atoms with E-state index in [0.717, 1.165) is 0 Å². The summed E-state index contributed by atoms with van der Waals surface area (Å²) in [5, 5.41) is 0. The molecule has 6 heavy (non-hydrogen) atoms. The number of isocyanates is 1. The van der Waals surface area contributed by atoms with Crippen LogP contribution in [0, 0.1) is 0 Å². The molecule has 0 aromatic rings. The Balaban J connectivity index is 0. The molecule has 0 aliphatic rings. The van der Waals surface area contributed by atoms with Crippen molar-refractivity contribution in [1.29, 1.82) is 0 Å². The molecule has 0 saturated carbocycles. The highest BCUT2D eigenvalue weighted by molar-refractivity contribution is 5.32. The zero-order valence-corrected chi connectivity index (χ0v) is 3.77. The van der Waals surface area contributed by atoms with Gasteiger partial charge in [0.15, 0.2) is 0 Å². The molecule has 0 spiro atoms. The fourth-order valence-electron chi connectivity index (χ4n) is 0.0645. The van der Waals surface area contributed by atoms with Crippen molar-refractivity contribution in [2.45, 2.75) is 6.92 Å². The molecule has 0 fully saturated rings. The minimum absolute atomic E-state index is 0. The van der Waals surface area contributed by atoms with E-state index in [1.54, 1.807) is 6.92 Å². The average Bonchev–Trinajstić information content (AvgIpc) is 1.41. The van der Waals surface area contributed by atoms with E-state index < -0.39 is 0 Å². The van der Waals surface area contributed by atoms with Crippen LogP contribution in [0.25, 0.3) is 0 Å². The van der Waals surface area contributed by atoms with Crippen LogP contribution in [-0.2, 0) is 4.79 Å². The zero-order valence-electron chi connectivity index (χ0n) is 3.77. The van der Waals surface area contributed by atoms with Crippen LogP contribution in [0.1, 0.15) is 6.92 Å². The van der Waals surface area contributed by atoms with Crippen LogP contribution in [0.5, 0.6) is 0 Å². The fraction of sp³-hybridized carbons (Fsp3) is 0.667. The van der Waals surface area contributed by atoms with Gasteiger partial charge in [0.25, 0.3) is 0 Å². The molecule has 0 saturated heterocycles. The van der Waals surface area contributed by atoms with Gasteiger partial charge >= 0.3 is 0 Å². The van der Waals surface area contributed by atoms with E-state index in [1.165, 1.54) is 6.08 Å². The third kappa shape index (κ3) is 10.2. The average molecular weight is 88.1 g/mol. The molecule has 0 unspecified atom stereocenters. The van der Waals surface area contributed by atoms with Gasteiger partial charge in [0, 0.05) is 6.54 Å². The van der Waals surface area contributed by atoms with Gasteiger partial charge in [-0.1, -0.05) is 0 Å². The summed E-state index contributed by atoms with van der Waals surface area (Å²) in [6.45, 7) is 2.33. The van der Waals surface area contributed by atoms with Gasteiger partial charge in [-0.3, -0.25) is 0 Å². The Hall–Kier alpha value is -0.660. The zero-order chi connectivity index (χ0) is 4.12. The molecule has 0 radical (unpaired) electrons. The molecule has 0 atom stereocenters. The number of carbonyl (C=O) groups excluding carboxylic acids is 1. The standard InChI is InChI=1S/C3H5NO.H3N/c1-2-4-3-5;/h2H2,1H3;1H3. The number of aliphatic imine (C=N–C) groups is 1. The Labute approximate surface area is 36.7 Å². The number of hydrogen-bond acceptors (Lipinski definition) is 3. The molecule has 0 rings (SSSR count). The molecule has 0 aromatic carbocycles. The van der Waals surface area contributed by atoms with E-state index in [-0.39, 0.29) is 6.15 Å². The second kappa shape index (κ2) is 8.84. The highest BCUT2D eigenvalue weighted by atomic mass is 16.1. The van der Waals surface area contributed by atoms with Crippen molar-refractivity contribution < 1.29 is 4.79 Å². The third-order valence-electron chi connectivity index (χ3n) is 0.223. The first-order chi connectivity index (χ1) is 2.41. The normalized spacial score (nSPS) is 4.83. The van der Waals surface area contributed by atoms with Crippen LogP contribution in [-0.4, -0.2) is 12.6 Å². The van der Waals surface area contributed by atoms with Gasteiger partial charge in [0.1, 0.15) is 0 Å². The molecule has 3 heteroatoms. The molecule has 36 valence electrons. The lowest BCUT2D eigenvalue weighted by molar-refractivity contribution is 0.563. The fourth-order valence-corrected chi connectivity index (χ4v) is 0.0645. The summed E-state index contributed by atoms with van der Waals surface area (Å²) in [6.07, 6.45) is 1.39. The predicted molar refractivity (Wildman–Crippen MR) is 23.7 cm³/mol. The van der Waals surface area contributed by atoms with Crippen molar-refractivity contribution >= 4 is 6.08 Å². The van der Waals surface area contributed by atoms with Gasteiger partial charge in [-0.15, -0.1) is 0 Å². The molecular weight excluding hydrogens is 80.0 g/mol. The van der Waals surface area contributed by atoms with Crippen LogP contribution >= 0.6 is 0 Å². The van der Waals surface area contributed by atoms with Crippen LogP contribution in [0.3, 0.4) is 0 Å². The van der Waals surface area contributed by atoms with E-state index in [1.807, 2.05) is 0 Å².